The molecule has 1 saturated heterocycles. The molecule has 2 rings (SSSR count). The summed E-state index contributed by atoms with van der Waals surface area (Å²) in [6.07, 6.45) is 0. The highest BCUT2D eigenvalue weighted by atomic mass is 35.5. The molecule has 0 radical (unpaired) electrons. The number of methoxy groups -OCH3 is 1. The third kappa shape index (κ3) is 1.91. The molecule has 0 aromatic heterocycles. The van der Waals surface area contributed by atoms with Gasteiger partial charge in [0.25, 0.3) is 0 Å². The first-order valence-electron chi connectivity index (χ1n) is 5.75. The van der Waals surface area contributed by atoms with Gasteiger partial charge < -0.3 is 4.74 Å². The molecule has 18 heavy (non-hydrogen) atoms. The van der Waals surface area contributed by atoms with E-state index in [9.17, 15) is 4.79 Å². The van der Waals surface area contributed by atoms with E-state index in [-0.39, 0.29) is 17.9 Å². The van der Waals surface area contributed by atoms with Crippen molar-refractivity contribution in [3.05, 3.63) is 33.8 Å². The highest BCUT2D eigenvalue weighted by molar-refractivity contribution is 6.36. The first kappa shape index (κ1) is 13.7. The minimum Gasteiger partial charge on any atom is -0.468 e. The van der Waals surface area contributed by atoms with Crippen LogP contribution in [0.2, 0.25) is 10.0 Å². The topological polar surface area (TPSA) is 48.2 Å². The van der Waals surface area contributed by atoms with Crippen molar-refractivity contribution in [1.82, 2.24) is 5.32 Å². The van der Waals surface area contributed by atoms with Crippen molar-refractivity contribution in [2.45, 2.75) is 25.4 Å². The molecule has 3 nitrogen and oxygen atoms in total. The third-order valence-electron chi connectivity index (χ3n) is 3.48. The molecule has 1 aromatic carbocycles. The van der Waals surface area contributed by atoms with Crippen LogP contribution in [0.15, 0.2) is 18.2 Å². The van der Waals surface area contributed by atoms with E-state index in [4.69, 9.17) is 27.9 Å². The highest BCUT2D eigenvalue weighted by Gasteiger charge is 2.64. The van der Waals surface area contributed by atoms with Crippen LogP contribution in [0.1, 0.15) is 25.5 Å². The molecule has 2 atom stereocenters. The fraction of sp³-hybridized carbons (Fsp3) is 0.462. The lowest BCUT2D eigenvalue weighted by atomic mass is 9.88. The Morgan fingerprint density at radius 3 is 2.39 bits per heavy atom. The molecule has 1 fully saturated rings. The van der Waals surface area contributed by atoms with E-state index >= 15 is 0 Å². The Bertz CT molecular complexity index is 470. The molecule has 5 heteroatoms. The van der Waals surface area contributed by atoms with Gasteiger partial charge in [-0.25, -0.2) is 4.79 Å². The van der Waals surface area contributed by atoms with Gasteiger partial charge >= 0.3 is 5.97 Å². The van der Waals surface area contributed by atoms with Crippen molar-refractivity contribution in [2.24, 2.45) is 5.92 Å². The quantitative estimate of drug-likeness (QED) is 0.686. The summed E-state index contributed by atoms with van der Waals surface area (Å²) in [5.74, 6) is -0.194. The average Bonchev–Trinajstić information content (AvgIpc) is 3.04. The summed E-state index contributed by atoms with van der Waals surface area (Å²) in [4.78, 5) is 12.0. The van der Waals surface area contributed by atoms with E-state index in [1.165, 1.54) is 7.11 Å². The number of rotatable bonds is 3. The SMILES string of the molecule is COC(=O)[C@@]1(C(C)C)N[C@H]1c1c(Cl)cccc1Cl. The second kappa shape index (κ2) is 4.72. The van der Waals surface area contributed by atoms with E-state index in [0.717, 1.165) is 5.56 Å². The van der Waals surface area contributed by atoms with Crippen molar-refractivity contribution < 1.29 is 9.53 Å². The Hall–Kier alpha value is -0.770. The molecule has 0 aliphatic carbocycles. The number of carbonyl (C=O) groups is 1. The van der Waals surface area contributed by atoms with Crippen LogP contribution < -0.4 is 5.32 Å². The van der Waals surface area contributed by atoms with Crippen molar-refractivity contribution in [1.29, 1.82) is 0 Å². The maximum absolute atomic E-state index is 12.0. The minimum atomic E-state index is -0.719. The summed E-state index contributed by atoms with van der Waals surface area (Å²) in [5.41, 5.74) is 0.0450. The first-order chi connectivity index (χ1) is 8.45. The van der Waals surface area contributed by atoms with Crippen LogP contribution in [0.25, 0.3) is 0 Å². The maximum Gasteiger partial charge on any atom is 0.328 e. The number of hydrogen-bond acceptors (Lipinski definition) is 3. The number of hydrogen-bond donors (Lipinski definition) is 1. The number of ether oxygens (including phenoxy) is 1. The molecule has 0 saturated carbocycles. The summed E-state index contributed by atoms with van der Waals surface area (Å²) < 4.78 is 4.88. The van der Waals surface area contributed by atoms with Gasteiger partial charge in [-0.2, -0.15) is 0 Å². The Labute approximate surface area is 116 Å². The second-order valence-corrected chi connectivity index (χ2v) is 5.54. The van der Waals surface area contributed by atoms with Crippen LogP contribution in [-0.4, -0.2) is 18.6 Å². The second-order valence-electron chi connectivity index (χ2n) is 4.73. The average molecular weight is 288 g/mol. The van der Waals surface area contributed by atoms with Crippen LogP contribution in [0, 0.1) is 5.92 Å². The van der Waals surface area contributed by atoms with Gasteiger partial charge in [0.15, 0.2) is 0 Å². The normalized spacial score (nSPS) is 26.2. The van der Waals surface area contributed by atoms with Crippen molar-refractivity contribution in [3.8, 4) is 0 Å². The van der Waals surface area contributed by atoms with Crippen LogP contribution in [0.5, 0.6) is 0 Å². The van der Waals surface area contributed by atoms with Crippen LogP contribution in [0.4, 0.5) is 0 Å². The van der Waals surface area contributed by atoms with Gasteiger partial charge in [-0.05, 0) is 18.1 Å². The molecule has 1 N–H and O–H groups in total. The zero-order valence-electron chi connectivity index (χ0n) is 10.5. The molecule has 0 unspecified atom stereocenters. The Kier molecular flexibility index (Phi) is 3.58. The summed E-state index contributed by atoms with van der Waals surface area (Å²) in [6, 6.07) is 5.13. The largest absolute Gasteiger partial charge is 0.468 e. The monoisotopic (exact) mass is 287 g/mol. The molecule has 0 bridgehead atoms. The highest BCUT2D eigenvalue weighted by Crippen LogP contribution is 2.50. The Morgan fingerprint density at radius 2 is 1.94 bits per heavy atom. The van der Waals surface area contributed by atoms with Crippen LogP contribution in [-0.2, 0) is 9.53 Å². The summed E-state index contributed by atoms with van der Waals surface area (Å²) >= 11 is 12.3. The van der Waals surface area contributed by atoms with Gasteiger partial charge in [0.2, 0.25) is 0 Å². The lowest BCUT2D eigenvalue weighted by Crippen LogP contribution is -2.35. The molecular formula is C13H15Cl2NO2. The van der Waals surface area contributed by atoms with Crippen LogP contribution in [0.3, 0.4) is 0 Å². The molecule has 1 heterocycles. The van der Waals surface area contributed by atoms with E-state index in [0.29, 0.717) is 10.0 Å². The first-order valence-corrected chi connectivity index (χ1v) is 6.50. The van der Waals surface area contributed by atoms with E-state index in [2.05, 4.69) is 5.32 Å². The molecule has 1 aromatic rings. The van der Waals surface area contributed by atoms with Gasteiger partial charge in [0, 0.05) is 15.6 Å². The zero-order chi connectivity index (χ0) is 13.5. The van der Waals surface area contributed by atoms with E-state index < -0.39 is 5.54 Å². The predicted octanol–water partition coefficient (Wildman–Crippen LogP) is 3.21. The predicted molar refractivity (Wildman–Crippen MR) is 71.9 cm³/mol. The summed E-state index contributed by atoms with van der Waals surface area (Å²) in [6.45, 7) is 3.93. The molecule has 1 aliphatic rings. The standard InChI is InChI=1S/C13H15Cl2NO2/c1-7(2)13(12(17)18-3)11(16-13)10-8(14)5-4-6-9(10)15/h4-7,11,16H,1-3H3/t11-,13-/m0/s1. The molecule has 0 spiro atoms. The van der Waals surface area contributed by atoms with Gasteiger partial charge in [-0.3, -0.25) is 5.32 Å². The van der Waals surface area contributed by atoms with Crippen LogP contribution >= 0.6 is 23.2 Å². The number of benzene rings is 1. The fourth-order valence-corrected chi connectivity index (χ4v) is 2.98. The molecular weight excluding hydrogens is 273 g/mol. The molecule has 0 amide bonds. The Balaban J connectivity index is 2.41. The smallest absolute Gasteiger partial charge is 0.328 e. The van der Waals surface area contributed by atoms with Gasteiger partial charge in [0.1, 0.15) is 5.54 Å². The van der Waals surface area contributed by atoms with E-state index in [1.54, 1.807) is 18.2 Å². The Morgan fingerprint density at radius 1 is 1.39 bits per heavy atom. The molecule has 1 aliphatic heterocycles. The van der Waals surface area contributed by atoms with Gasteiger partial charge in [-0.1, -0.05) is 43.1 Å². The third-order valence-corrected chi connectivity index (χ3v) is 4.14. The molecule has 98 valence electrons. The lowest BCUT2D eigenvalue weighted by molar-refractivity contribution is -0.145. The fourth-order valence-electron chi connectivity index (χ4n) is 2.36. The van der Waals surface area contributed by atoms with E-state index in [1.807, 2.05) is 13.8 Å². The number of carbonyl (C=O) groups excluding carboxylic acids is 1. The minimum absolute atomic E-state index is 0.0855. The van der Waals surface area contributed by atoms with Gasteiger partial charge in [0.05, 0.1) is 13.2 Å². The number of esters is 1. The van der Waals surface area contributed by atoms with Gasteiger partial charge in [-0.15, -0.1) is 0 Å². The van der Waals surface area contributed by atoms with Crippen molar-refractivity contribution in [3.63, 3.8) is 0 Å². The lowest BCUT2D eigenvalue weighted by Gasteiger charge is -2.17. The zero-order valence-corrected chi connectivity index (χ0v) is 12.0. The van der Waals surface area contributed by atoms with Crippen molar-refractivity contribution >= 4 is 29.2 Å². The summed E-state index contributed by atoms with van der Waals surface area (Å²) in [7, 11) is 1.39. The van der Waals surface area contributed by atoms with Crippen molar-refractivity contribution in [2.75, 3.05) is 7.11 Å². The number of nitrogens with one attached hydrogen (secondary N) is 1. The summed E-state index contributed by atoms with van der Waals surface area (Å²) in [5, 5.41) is 4.31. The number of halogens is 2. The maximum atomic E-state index is 12.0.